The van der Waals surface area contributed by atoms with Gasteiger partial charge in [-0.25, -0.2) is 9.78 Å². The number of carbonyl (C=O) groups excluding carboxylic acids is 1. The standard InChI is InChI=1S/C13H16F3N3O2/c1-12(2)7-19(6-9(12)20)11(21)18-10-5-8(3-4-17-10)13(14,15)16/h3-5,9,20H,6-7H2,1-2H3,(H,17,18,21). The Balaban J connectivity index is 2.07. The molecule has 21 heavy (non-hydrogen) atoms. The lowest BCUT2D eigenvalue weighted by Gasteiger charge is -2.21. The number of hydrogen-bond donors (Lipinski definition) is 2. The molecule has 0 aliphatic carbocycles. The van der Waals surface area contributed by atoms with Gasteiger partial charge in [-0.2, -0.15) is 13.2 Å². The van der Waals surface area contributed by atoms with E-state index in [1.807, 2.05) is 13.8 Å². The van der Waals surface area contributed by atoms with Crippen LogP contribution in [0.4, 0.5) is 23.8 Å². The third-order valence-corrected chi connectivity index (χ3v) is 3.50. The van der Waals surface area contributed by atoms with Gasteiger partial charge in [0.05, 0.1) is 11.7 Å². The molecule has 0 spiro atoms. The molecule has 2 amide bonds. The van der Waals surface area contributed by atoms with Gasteiger partial charge in [0.1, 0.15) is 5.82 Å². The minimum Gasteiger partial charge on any atom is -0.391 e. The van der Waals surface area contributed by atoms with Crippen LogP contribution < -0.4 is 5.32 Å². The number of nitrogens with one attached hydrogen (secondary N) is 1. The van der Waals surface area contributed by atoms with Gasteiger partial charge in [0.15, 0.2) is 0 Å². The number of amides is 2. The Kier molecular flexibility index (Phi) is 3.83. The number of aromatic nitrogens is 1. The van der Waals surface area contributed by atoms with Crippen molar-refractivity contribution in [3.8, 4) is 0 Å². The predicted octanol–water partition coefficient (Wildman–Crippen LogP) is 2.34. The van der Waals surface area contributed by atoms with E-state index in [-0.39, 0.29) is 12.4 Å². The molecule has 0 saturated carbocycles. The van der Waals surface area contributed by atoms with Crippen molar-refractivity contribution < 1.29 is 23.1 Å². The monoisotopic (exact) mass is 303 g/mol. The molecule has 1 unspecified atom stereocenters. The molecule has 1 aliphatic rings. The number of alkyl halides is 3. The van der Waals surface area contributed by atoms with Gasteiger partial charge in [-0.15, -0.1) is 0 Å². The van der Waals surface area contributed by atoms with Crippen LogP contribution in [0.5, 0.6) is 0 Å². The van der Waals surface area contributed by atoms with Crippen molar-refractivity contribution in [1.82, 2.24) is 9.88 Å². The first-order chi connectivity index (χ1) is 9.59. The van der Waals surface area contributed by atoms with Crippen LogP contribution >= 0.6 is 0 Å². The van der Waals surface area contributed by atoms with Crippen LogP contribution in [0.25, 0.3) is 0 Å². The zero-order valence-corrected chi connectivity index (χ0v) is 11.6. The second-order valence-electron chi connectivity index (χ2n) is 5.74. The van der Waals surface area contributed by atoms with Gasteiger partial charge >= 0.3 is 12.2 Å². The maximum atomic E-state index is 12.6. The maximum Gasteiger partial charge on any atom is 0.416 e. The number of nitrogens with zero attached hydrogens (tertiary/aromatic N) is 2. The van der Waals surface area contributed by atoms with Gasteiger partial charge in [0.25, 0.3) is 0 Å². The molecule has 1 aromatic rings. The van der Waals surface area contributed by atoms with Gasteiger partial charge in [0, 0.05) is 24.7 Å². The smallest absolute Gasteiger partial charge is 0.391 e. The first-order valence-electron chi connectivity index (χ1n) is 6.37. The summed E-state index contributed by atoms with van der Waals surface area (Å²) in [6.07, 6.45) is -4.17. The van der Waals surface area contributed by atoms with Gasteiger partial charge in [-0.05, 0) is 12.1 Å². The van der Waals surface area contributed by atoms with Gasteiger partial charge in [0.2, 0.25) is 0 Å². The lowest BCUT2D eigenvalue weighted by atomic mass is 9.90. The average Bonchev–Trinajstić information content (AvgIpc) is 2.63. The van der Waals surface area contributed by atoms with Gasteiger partial charge in [-0.1, -0.05) is 13.8 Å². The molecule has 1 aliphatic heterocycles. The highest BCUT2D eigenvalue weighted by Gasteiger charge is 2.40. The van der Waals surface area contributed by atoms with E-state index in [1.165, 1.54) is 4.90 Å². The molecule has 2 rings (SSSR count). The topological polar surface area (TPSA) is 65.5 Å². The first-order valence-corrected chi connectivity index (χ1v) is 6.37. The summed E-state index contributed by atoms with van der Waals surface area (Å²) in [6.45, 7) is 4.08. The van der Waals surface area contributed by atoms with E-state index in [0.29, 0.717) is 6.54 Å². The number of urea groups is 1. The summed E-state index contributed by atoms with van der Waals surface area (Å²) in [4.78, 5) is 17.0. The fourth-order valence-corrected chi connectivity index (χ4v) is 2.14. The average molecular weight is 303 g/mol. The fraction of sp³-hybridized carbons (Fsp3) is 0.538. The van der Waals surface area contributed by atoms with E-state index >= 15 is 0 Å². The number of aliphatic hydroxyl groups excluding tert-OH is 1. The Bertz CT molecular complexity index is 546. The normalized spacial score (nSPS) is 21.4. The van der Waals surface area contributed by atoms with Crippen LogP contribution in [0.2, 0.25) is 0 Å². The number of likely N-dealkylation sites (tertiary alicyclic amines) is 1. The molecule has 1 fully saturated rings. The molecule has 1 aromatic heterocycles. The van der Waals surface area contributed by atoms with E-state index in [2.05, 4.69) is 10.3 Å². The van der Waals surface area contributed by atoms with Crippen LogP contribution in [0.1, 0.15) is 19.4 Å². The molecule has 116 valence electrons. The first kappa shape index (κ1) is 15.6. The van der Waals surface area contributed by atoms with Crippen molar-refractivity contribution >= 4 is 11.8 Å². The largest absolute Gasteiger partial charge is 0.416 e. The summed E-state index contributed by atoms with van der Waals surface area (Å²) >= 11 is 0. The Hall–Kier alpha value is -1.83. The maximum absolute atomic E-state index is 12.6. The highest BCUT2D eigenvalue weighted by atomic mass is 19.4. The van der Waals surface area contributed by atoms with E-state index in [9.17, 15) is 23.1 Å². The Morgan fingerprint density at radius 3 is 2.71 bits per heavy atom. The molecular formula is C13H16F3N3O2. The summed E-state index contributed by atoms with van der Waals surface area (Å²) in [7, 11) is 0. The fourth-order valence-electron chi connectivity index (χ4n) is 2.14. The van der Waals surface area contributed by atoms with Crippen molar-refractivity contribution in [2.45, 2.75) is 26.1 Å². The van der Waals surface area contributed by atoms with Crippen LogP contribution in [-0.2, 0) is 6.18 Å². The number of carbonyl (C=O) groups is 1. The summed E-state index contributed by atoms with van der Waals surface area (Å²) in [5.74, 6) is -0.172. The predicted molar refractivity (Wildman–Crippen MR) is 69.6 cm³/mol. The summed E-state index contributed by atoms with van der Waals surface area (Å²) in [5, 5.41) is 12.1. The molecule has 5 nitrogen and oxygen atoms in total. The second kappa shape index (κ2) is 5.18. The number of hydrogen-bond acceptors (Lipinski definition) is 3. The Labute approximate surface area is 119 Å². The molecule has 2 N–H and O–H groups in total. The second-order valence-corrected chi connectivity index (χ2v) is 5.74. The number of β-amino-alcohol motifs (C(OH)–C–C–N with tert-alkyl or cyclic N) is 1. The van der Waals surface area contributed by atoms with E-state index in [1.54, 1.807) is 0 Å². The highest BCUT2D eigenvalue weighted by molar-refractivity contribution is 5.88. The van der Waals surface area contributed by atoms with Crippen LogP contribution in [0.15, 0.2) is 18.3 Å². The molecule has 2 heterocycles. The van der Waals surface area contributed by atoms with E-state index in [4.69, 9.17) is 0 Å². The number of rotatable bonds is 1. The van der Waals surface area contributed by atoms with Gasteiger partial charge < -0.3 is 10.0 Å². The number of anilines is 1. The van der Waals surface area contributed by atoms with Crippen LogP contribution in [0.3, 0.4) is 0 Å². The summed E-state index contributed by atoms with van der Waals surface area (Å²) in [5.41, 5.74) is -1.33. The van der Waals surface area contributed by atoms with E-state index in [0.717, 1.165) is 18.3 Å². The summed E-state index contributed by atoms with van der Waals surface area (Å²) in [6, 6.07) is 1.03. The third-order valence-electron chi connectivity index (χ3n) is 3.50. The lowest BCUT2D eigenvalue weighted by molar-refractivity contribution is -0.137. The van der Waals surface area contributed by atoms with Gasteiger partial charge in [-0.3, -0.25) is 5.32 Å². The highest BCUT2D eigenvalue weighted by Crippen LogP contribution is 2.31. The zero-order chi connectivity index (χ0) is 15.8. The van der Waals surface area contributed by atoms with Crippen LogP contribution in [0, 0.1) is 5.41 Å². The zero-order valence-electron chi connectivity index (χ0n) is 11.6. The third kappa shape index (κ3) is 3.44. The molecule has 1 atom stereocenters. The minimum absolute atomic E-state index is 0.137. The van der Waals surface area contributed by atoms with Crippen molar-refractivity contribution in [1.29, 1.82) is 0 Å². The SMILES string of the molecule is CC1(C)CN(C(=O)Nc2cc(C(F)(F)F)ccn2)CC1O. The van der Waals surface area contributed by atoms with Crippen molar-refractivity contribution in [3.05, 3.63) is 23.9 Å². The minimum atomic E-state index is -4.49. The number of halogens is 3. The molecule has 1 saturated heterocycles. The lowest BCUT2D eigenvalue weighted by Crippen LogP contribution is -2.34. The Morgan fingerprint density at radius 2 is 2.19 bits per heavy atom. The molecular weight excluding hydrogens is 287 g/mol. The molecule has 0 bridgehead atoms. The number of aliphatic hydroxyl groups is 1. The van der Waals surface area contributed by atoms with Crippen molar-refractivity contribution in [2.24, 2.45) is 5.41 Å². The van der Waals surface area contributed by atoms with E-state index < -0.39 is 29.3 Å². The molecule has 0 radical (unpaired) electrons. The molecule has 0 aromatic carbocycles. The summed E-state index contributed by atoms with van der Waals surface area (Å²) < 4.78 is 37.7. The van der Waals surface area contributed by atoms with Crippen LogP contribution in [-0.4, -0.2) is 40.2 Å². The van der Waals surface area contributed by atoms with Crippen molar-refractivity contribution in [3.63, 3.8) is 0 Å². The number of pyridine rings is 1. The molecule has 8 heteroatoms. The van der Waals surface area contributed by atoms with Crippen molar-refractivity contribution in [2.75, 3.05) is 18.4 Å². The Morgan fingerprint density at radius 1 is 1.52 bits per heavy atom. The quantitative estimate of drug-likeness (QED) is 0.837.